The fourth-order valence-corrected chi connectivity index (χ4v) is 3.83. The molecule has 2 fully saturated rings. The molecule has 24 heavy (non-hydrogen) atoms. The van der Waals surface area contributed by atoms with Gasteiger partial charge in [-0.1, -0.05) is 30.3 Å². The summed E-state index contributed by atoms with van der Waals surface area (Å²) in [6.45, 7) is 2.68. The number of carboxylic acid groups (broad SMARTS) is 1. The van der Waals surface area contributed by atoms with Crippen LogP contribution in [0.5, 0.6) is 0 Å². The van der Waals surface area contributed by atoms with Gasteiger partial charge in [-0.25, -0.2) is 4.79 Å². The molecule has 2 saturated heterocycles. The maximum atomic E-state index is 12.4. The van der Waals surface area contributed by atoms with E-state index in [1.807, 2.05) is 37.4 Å². The molecular weight excluding hydrogens is 308 g/mol. The normalized spacial score (nSPS) is 23.4. The lowest BCUT2D eigenvalue weighted by atomic mass is 9.71. The van der Waals surface area contributed by atoms with Crippen LogP contribution >= 0.6 is 0 Å². The van der Waals surface area contributed by atoms with Gasteiger partial charge in [-0.15, -0.1) is 0 Å². The van der Waals surface area contributed by atoms with Crippen LogP contribution in [0.3, 0.4) is 0 Å². The average Bonchev–Trinajstić information content (AvgIpc) is 2.96. The van der Waals surface area contributed by atoms with E-state index >= 15 is 0 Å². The van der Waals surface area contributed by atoms with Crippen LogP contribution in [-0.4, -0.2) is 60.2 Å². The molecule has 0 radical (unpaired) electrons. The van der Waals surface area contributed by atoms with Gasteiger partial charge in [0.25, 0.3) is 0 Å². The molecule has 2 heterocycles. The van der Waals surface area contributed by atoms with Crippen LogP contribution in [0.1, 0.15) is 18.4 Å². The van der Waals surface area contributed by atoms with E-state index in [9.17, 15) is 14.7 Å². The fourth-order valence-electron chi connectivity index (χ4n) is 3.83. The van der Waals surface area contributed by atoms with Crippen LogP contribution in [-0.2, 0) is 16.1 Å². The number of carbonyl (C=O) groups excluding carboxylic acids is 1. The van der Waals surface area contributed by atoms with E-state index in [0.717, 1.165) is 31.5 Å². The maximum absolute atomic E-state index is 12.4. The lowest BCUT2D eigenvalue weighted by Crippen LogP contribution is -2.45. The predicted molar refractivity (Wildman–Crippen MR) is 88.5 cm³/mol. The topological polar surface area (TPSA) is 70.1 Å². The first-order valence-corrected chi connectivity index (χ1v) is 8.37. The molecule has 1 atom stereocenters. The first kappa shape index (κ1) is 16.8. The second kappa shape index (κ2) is 6.81. The summed E-state index contributed by atoms with van der Waals surface area (Å²) in [5.41, 5.74) is 0.609. The Kier molecular flexibility index (Phi) is 4.76. The van der Waals surface area contributed by atoms with Crippen molar-refractivity contribution in [2.75, 3.05) is 33.2 Å². The van der Waals surface area contributed by atoms with Gasteiger partial charge in [0.15, 0.2) is 0 Å². The summed E-state index contributed by atoms with van der Waals surface area (Å²) in [6, 6.07) is 9.50. The Hall–Kier alpha value is -2.08. The maximum Gasteiger partial charge on any atom is 0.410 e. The highest BCUT2D eigenvalue weighted by Crippen LogP contribution is 2.44. The zero-order valence-corrected chi connectivity index (χ0v) is 14.0. The summed E-state index contributed by atoms with van der Waals surface area (Å²) in [6.07, 6.45) is 1.20. The van der Waals surface area contributed by atoms with Crippen molar-refractivity contribution >= 4 is 12.1 Å². The molecule has 6 heteroatoms. The third kappa shape index (κ3) is 3.38. The van der Waals surface area contributed by atoms with Crippen molar-refractivity contribution in [2.45, 2.75) is 19.4 Å². The highest BCUT2D eigenvalue weighted by molar-refractivity contribution is 5.75. The Balaban J connectivity index is 1.64. The third-order valence-electron chi connectivity index (χ3n) is 5.39. The van der Waals surface area contributed by atoms with Gasteiger partial charge in [0, 0.05) is 18.5 Å². The zero-order chi connectivity index (χ0) is 17.2. The number of aliphatic carboxylic acids is 1. The van der Waals surface area contributed by atoms with E-state index in [0.29, 0.717) is 6.54 Å². The van der Waals surface area contributed by atoms with Crippen LogP contribution in [0, 0.1) is 11.3 Å². The number of benzene rings is 1. The van der Waals surface area contributed by atoms with Crippen LogP contribution in [0.25, 0.3) is 0 Å². The molecule has 0 aliphatic carbocycles. The second-order valence-corrected chi connectivity index (χ2v) is 6.98. The van der Waals surface area contributed by atoms with Gasteiger partial charge in [0.05, 0.1) is 5.92 Å². The second-order valence-electron chi connectivity index (χ2n) is 6.98. The molecule has 2 aliphatic rings. The van der Waals surface area contributed by atoms with Crippen molar-refractivity contribution in [3.63, 3.8) is 0 Å². The quantitative estimate of drug-likeness (QED) is 0.917. The van der Waals surface area contributed by atoms with Crippen molar-refractivity contribution in [3.8, 4) is 0 Å². The Morgan fingerprint density at radius 1 is 1.25 bits per heavy atom. The van der Waals surface area contributed by atoms with Gasteiger partial charge >= 0.3 is 12.1 Å². The Morgan fingerprint density at radius 2 is 1.92 bits per heavy atom. The lowest BCUT2D eigenvalue weighted by Gasteiger charge is -2.39. The summed E-state index contributed by atoms with van der Waals surface area (Å²) < 4.78 is 5.38. The minimum atomic E-state index is -0.807. The zero-order valence-electron chi connectivity index (χ0n) is 14.0. The number of hydrogen-bond donors (Lipinski definition) is 1. The number of carbonyl (C=O) groups is 2. The molecule has 1 N–H and O–H groups in total. The number of rotatable bonds is 3. The molecule has 0 bridgehead atoms. The van der Waals surface area contributed by atoms with Crippen molar-refractivity contribution in [1.29, 1.82) is 0 Å². The summed E-state index contributed by atoms with van der Waals surface area (Å²) in [7, 11) is 2.05. The lowest BCUT2D eigenvalue weighted by molar-refractivity contribution is -0.145. The molecule has 0 saturated carbocycles. The van der Waals surface area contributed by atoms with Gasteiger partial charge in [0.2, 0.25) is 0 Å². The minimum absolute atomic E-state index is 0.212. The van der Waals surface area contributed by atoms with Crippen molar-refractivity contribution in [2.24, 2.45) is 11.3 Å². The first-order valence-electron chi connectivity index (χ1n) is 8.37. The number of likely N-dealkylation sites (tertiary alicyclic amines) is 2. The molecule has 1 aromatic rings. The van der Waals surface area contributed by atoms with E-state index in [4.69, 9.17) is 4.74 Å². The third-order valence-corrected chi connectivity index (χ3v) is 5.39. The number of nitrogens with zero attached hydrogens (tertiary/aromatic N) is 2. The fraction of sp³-hybridized carbons (Fsp3) is 0.556. The molecule has 1 aromatic carbocycles. The van der Waals surface area contributed by atoms with E-state index in [-0.39, 0.29) is 18.6 Å². The van der Waals surface area contributed by atoms with Gasteiger partial charge in [-0.2, -0.15) is 0 Å². The molecule has 1 spiro atoms. The van der Waals surface area contributed by atoms with Gasteiger partial charge in [-0.3, -0.25) is 4.79 Å². The smallest absolute Gasteiger partial charge is 0.410 e. The van der Waals surface area contributed by atoms with Crippen LogP contribution in [0.4, 0.5) is 4.79 Å². The molecule has 2 aliphatic heterocycles. The predicted octanol–water partition coefficient (Wildman–Crippen LogP) is 2.05. The Morgan fingerprint density at radius 3 is 2.54 bits per heavy atom. The SMILES string of the molecule is CN1CCC2(CC1)CN(C(=O)OCc1ccccc1)CC2C(=O)O. The van der Waals surface area contributed by atoms with E-state index < -0.39 is 18.0 Å². The molecule has 3 rings (SSSR count). The Labute approximate surface area is 142 Å². The average molecular weight is 332 g/mol. The molecule has 6 nitrogen and oxygen atoms in total. The molecule has 0 aromatic heterocycles. The van der Waals surface area contributed by atoms with Gasteiger partial charge in [0.1, 0.15) is 6.61 Å². The molecule has 130 valence electrons. The Bertz CT molecular complexity index is 596. The molecule has 1 unspecified atom stereocenters. The van der Waals surface area contributed by atoms with Crippen molar-refractivity contribution < 1.29 is 19.4 Å². The van der Waals surface area contributed by atoms with Crippen LogP contribution < -0.4 is 0 Å². The standard InChI is InChI=1S/C18H24N2O4/c1-19-9-7-18(8-10-19)13-20(11-15(18)16(21)22)17(23)24-12-14-5-3-2-4-6-14/h2-6,15H,7-13H2,1H3,(H,21,22). The number of ether oxygens (including phenoxy) is 1. The number of amides is 1. The molecular formula is C18H24N2O4. The van der Waals surface area contributed by atoms with E-state index in [1.54, 1.807) is 4.90 Å². The molecule has 1 amide bonds. The van der Waals surface area contributed by atoms with E-state index in [1.165, 1.54) is 0 Å². The van der Waals surface area contributed by atoms with Crippen LogP contribution in [0.15, 0.2) is 30.3 Å². The summed E-state index contributed by atoms with van der Waals surface area (Å²) >= 11 is 0. The van der Waals surface area contributed by atoms with Gasteiger partial charge < -0.3 is 19.6 Å². The number of piperidine rings is 1. The van der Waals surface area contributed by atoms with E-state index in [2.05, 4.69) is 4.90 Å². The summed E-state index contributed by atoms with van der Waals surface area (Å²) in [4.78, 5) is 27.9. The monoisotopic (exact) mass is 332 g/mol. The van der Waals surface area contributed by atoms with Gasteiger partial charge in [-0.05, 0) is 38.5 Å². The largest absolute Gasteiger partial charge is 0.481 e. The number of hydrogen-bond acceptors (Lipinski definition) is 4. The first-order chi connectivity index (χ1) is 11.5. The summed E-state index contributed by atoms with van der Waals surface area (Å²) in [5, 5.41) is 9.61. The van der Waals surface area contributed by atoms with Crippen LogP contribution in [0.2, 0.25) is 0 Å². The van der Waals surface area contributed by atoms with Crippen molar-refractivity contribution in [3.05, 3.63) is 35.9 Å². The van der Waals surface area contributed by atoms with Crippen molar-refractivity contribution in [1.82, 2.24) is 9.80 Å². The summed E-state index contributed by atoms with van der Waals surface area (Å²) in [5.74, 6) is -1.31. The number of carboxylic acids is 1. The highest BCUT2D eigenvalue weighted by Gasteiger charge is 2.52. The highest BCUT2D eigenvalue weighted by atomic mass is 16.6. The minimum Gasteiger partial charge on any atom is -0.481 e.